The normalized spacial score (nSPS) is 11.2. The van der Waals surface area contributed by atoms with Gasteiger partial charge in [-0.25, -0.2) is 0 Å². The summed E-state index contributed by atoms with van der Waals surface area (Å²) in [6.45, 7) is 0. The van der Waals surface area contributed by atoms with Gasteiger partial charge in [0, 0.05) is 0 Å². The molecule has 33 valence electrons. The van der Waals surface area contributed by atoms with Crippen molar-refractivity contribution in [1.82, 2.24) is 0 Å². The van der Waals surface area contributed by atoms with Crippen LogP contribution in [0.15, 0.2) is 0 Å². The van der Waals surface area contributed by atoms with Gasteiger partial charge in [0.15, 0.2) is 0 Å². The number of hydrogen-bond acceptors (Lipinski definition) is 0. The van der Waals surface area contributed by atoms with Gasteiger partial charge in [0.1, 0.15) is 0 Å². The Bertz CT molecular complexity index is 8.00. The molecule has 0 heterocycles. The fourth-order valence-electron chi connectivity index (χ4n) is 0. The number of rotatable bonds is 0. The Morgan fingerprint density at radius 2 is 1.00 bits per heavy atom. The summed E-state index contributed by atoms with van der Waals surface area (Å²) < 4.78 is 0. The van der Waals surface area contributed by atoms with Crippen LogP contribution in [0.25, 0.3) is 0 Å². The molecule has 0 spiro atoms. The Balaban J connectivity index is 2.32. The average Bonchev–Trinajstić information content (AvgIpc) is 0.811. The van der Waals surface area contributed by atoms with Crippen molar-refractivity contribution < 1.29 is 8.48 Å². The Morgan fingerprint density at radius 1 is 1.00 bits per heavy atom. The number of hydrogen-bond donors (Lipinski definition) is 0. The first kappa shape index (κ1) is 5.96. The molecule has 0 bridgehead atoms. The van der Waals surface area contributed by atoms with E-state index in [0.29, 0.717) is 0 Å². The van der Waals surface area contributed by atoms with E-state index in [9.17, 15) is 0 Å². The second kappa shape index (κ2) is 3.16. The molecule has 0 nitrogen and oxygen atoms in total. The standard InChI is InChI=1S/3BrH.Cu/h3*1H;/q;;;+2/p-3. The molecule has 0 aromatic heterocycles. The van der Waals surface area contributed by atoms with Crippen molar-refractivity contribution in [2.24, 2.45) is 0 Å². The van der Waals surface area contributed by atoms with E-state index in [-0.39, 0.29) is 8.48 Å². The first-order chi connectivity index (χ1) is 1.73. The van der Waals surface area contributed by atoms with Crippen molar-refractivity contribution in [2.75, 3.05) is 0 Å². The molecule has 0 atom stereocenters. The predicted molar refractivity (Wildman–Crippen MR) is 26.8 cm³/mol. The van der Waals surface area contributed by atoms with Gasteiger partial charge in [-0.1, -0.05) is 0 Å². The minimum absolute atomic E-state index is 0.125. The maximum atomic E-state index is 3.12. The molecule has 0 aliphatic carbocycles. The zero-order valence-electron chi connectivity index (χ0n) is 1.44. The molecule has 0 unspecified atom stereocenters. The second-order valence-electron chi connectivity index (χ2n) is 0.129. The van der Waals surface area contributed by atoms with Gasteiger partial charge < -0.3 is 0 Å². The van der Waals surface area contributed by atoms with Crippen LogP contribution in [0.5, 0.6) is 0 Å². The Morgan fingerprint density at radius 3 is 1.00 bits per heavy atom. The van der Waals surface area contributed by atoms with Crippen molar-refractivity contribution in [3.63, 3.8) is 0 Å². The summed E-state index contributed by atoms with van der Waals surface area (Å²) in [5.74, 6) is 0. The fourth-order valence-corrected chi connectivity index (χ4v) is 0. The van der Waals surface area contributed by atoms with Gasteiger partial charge in [0.05, 0.1) is 0 Å². The van der Waals surface area contributed by atoms with E-state index in [1.54, 1.807) is 0 Å². The van der Waals surface area contributed by atoms with Crippen LogP contribution in [0.3, 0.4) is 0 Å². The van der Waals surface area contributed by atoms with Crippen LogP contribution >= 0.6 is 42.3 Å². The molecule has 4 heavy (non-hydrogen) atoms. The second-order valence-corrected chi connectivity index (χ2v) is 14.4. The molecule has 0 fully saturated rings. The summed E-state index contributed by atoms with van der Waals surface area (Å²) in [6, 6.07) is 0. The van der Waals surface area contributed by atoms with Crippen LogP contribution < -0.4 is 0 Å². The van der Waals surface area contributed by atoms with E-state index in [2.05, 4.69) is 42.3 Å². The molecule has 0 rings (SSSR count). The molecule has 4 heteroatoms. The van der Waals surface area contributed by atoms with Crippen LogP contribution in [0.2, 0.25) is 0 Å². The summed E-state index contributed by atoms with van der Waals surface area (Å²) in [6.07, 6.45) is 0. The van der Waals surface area contributed by atoms with Crippen LogP contribution in [0.4, 0.5) is 0 Å². The van der Waals surface area contributed by atoms with E-state index in [1.807, 2.05) is 0 Å². The SMILES string of the molecule is [Br][Cu-]([Br])[Br]. The molecule has 0 aliphatic heterocycles. The zero-order chi connectivity index (χ0) is 3.58. The molecule has 0 amide bonds. The third kappa shape index (κ3) is 9.03. The third-order valence-corrected chi connectivity index (χ3v) is 0. The van der Waals surface area contributed by atoms with Gasteiger partial charge in [0.2, 0.25) is 0 Å². The molecule has 0 radical (unpaired) electrons. The summed E-state index contributed by atoms with van der Waals surface area (Å²) in [5.41, 5.74) is 0. The number of halogens is 3. The van der Waals surface area contributed by atoms with E-state index in [0.717, 1.165) is 0 Å². The van der Waals surface area contributed by atoms with Crippen LogP contribution in [-0.4, -0.2) is 0 Å². The van der Waals surface area contributed by atoms with Crippen molar-refractivity contribution in [3.8, 4) is 0 Å². The van der Waals surface area contributed by atoms with Crippen LogP contribution in [0.1, 0.15) is 0 Å². The summed E-state index contributed by atoms with van der Waals surface area (Å²) >= 11 is 9.38. The molecule has 0 N–H and O–H groups in total. The van der Waals surface area contributed by atoms with Gasteiger partial charge in [0.25, 0.3) is 0 Å². The average molecular weight is 303 g/mol. The van der Waals surface area contributed by atoms with E-state index in [1.165, 1.54) is 0 Å². The maximum absolute atomic E-state index is 3.12. The topological polar surface area (TPSA) is 0 Å². The molecule has 0 aromatic carbocycles. The van der Waals surface area contributed by atoms with Gasteiger partial charge >= 0.3 is 50.8 Å². The molecule has 0 saturated carbocycles. The Kier molecular flexibility index (Phi) is 4.71. The third-order valence-electron chi connectivity index (χ3n) is 0. The molecule has 0 aliphatic rings. The zero-order valence-corrected chi connectivity index (χ0v) is 7.14. The van der Waals surface area contributed by atoms with Gasteiger partial charge in [-0.3, -0.25) is 0 Å². The van der Waals surface area contributed by atoms with Crippen LogP contribution in [0, 0.1) is 0 Å². The molecular formula is Br3Cu-. The Hall–Kier alpha value is 1.96. The monoisotopic (exact) mass is 300 g/mol. The Labute approximate surface area is 50.3 Å². The summed E-state index contributed by atoms with van der Waals surface area (Å²) in [7, 11) is 0.125. The van der Waals surface area contributed by atoms with Crippen molar-refractivity contribution in [2.45, 2.75) is 0 Å². The summed E-state index contributed by atoms with van der Waals surface area (Å²) in [4.78, 5) is 0. The molecular weight excluding hydrogens is 303 g/mol. The molecule has 0 aromatic rings. The van der Waals surface area contributed by atoms with Crippen molar-refractivity contribution in [1.29, 1.82) is 0 Å². The van der Waals surface area contributed by atoms with Crippen molar-refractivity contribution in [3.05, 3.63) is 0 Å². The van der Waals surface area contributed by atoms with E-state index in [4.69, 9.17) is 0 Å². The first-order valence-corrected chi connectivity index (χ1v) is 7.32. The van der Waals surface area contributed by atoms with Gasteiger partial charge in [-0.2, -0.15) is 0 Å². The quantitative estimate of drug-likeness (QED) is 0.603. The van der Waals surface area contributed by atoms with Gasteiger partial charge in [-0.15, -0.1) is 0 Å². The van der Waals surface area contributed by atoms with E-state index < -0.39 is 0 Å². The first-order valence-electron chi connectivity index (χ1n) is 0.342. The minimum atomic E-state index is 0.125. The van der Waals surface area contributed by atoms with E-state index >= 15 is 0 Å². The predicted octanol–water partition coefficient (Wildman–Crippen LogP) is 2.53. The van der Waals surface area contributed by atoms with Crippen LogP contribution in [-0.2, 0) is 8.48 Å². The van der Waals surface area contributed by atoms with Crippen molar-refractivity contribution >= 4 is 42.3 Å². The molecule has 0 saturated heterocycles. The summed E-state index contributed by atoms with van der Waals surface area (Å²) in [5, 5.41) is 0. The fraction of sp³-hybridized carbons (Fsp3) is 0. The van der Waals surface area contributed by atoms with Gasteiger partial charge in [-0.05, 0) is 0 Å².